The zero-order valence-corrected chi connectivity index (χ0v) is 13.7. The molecular formula is C17H23N3OS. The van der Waals surface area contributed by atoms with Gasteiger partial charge in [0, 0.05) is 18.0 Å². The zero-order chi connectivity index (χ0) is 15.5. The van der Waals surface area contributed by atoms with Crippen LogP contribution in [0.4, 0.5) is 0 Å². The fourth-order valence-corrected chi connectivity index (χ4v) is 2.76. The SMILES string of the molecule is CCNC(=NCc1ccco1)NCCCSc1ccccc1. The summed E-state index contributed by atoms with van der Waals surface area (Å²) in [5.41, 5.74) is 0. The van der Waals surface area contributed by atoms with Gasteiger partial charge < -0.3 is 15.1 Å². The van der Waals surface area contributed by atoms with Crippen LogP contribution >= 0.6 is 11.8 Å². The van der Waals surface area contributed by atoms with E-state index in [1.54, 1.807) is 6.26 Å². The number of hydrogen-bond acceptors (Lipinski definition) is 3. The number of nitrogens with zero attached hydrogens (tertiary/aromatic N) is 1. The first-order chi connectivity index (χ1) is 10.9. The van der Waals surface area contributed by atoms with Crippen molar-refractivity contribution in [1.29, 1.82) is 0 Å². The van der Waals surface area contributed by atoms with Gasteiger partial charge in [-0.1, -0.05) is 18.2 Å². The summed E-state index contributed by atoms with van der Waals surface area (Å²) in [7, 11) is 0. The van der Waals surface area contributed by atoms with Crippen LogP contribution in [0.3, 0.4) is 0 Å². The molecule has 0 saturated heterocycles. The number of nitrogens with one attached hydrogen (secondary N) is 2. The van der Waals surface area contributed by atoms with E-state index in [0.717, 1.165) is 37.0 Å². The van der Waals surface area contributed by atoms with Crippen LogP contribution in [0, 0.1) is 0 Å². The van der Waals surface area contributed by atoms with Gasteiger partial charge in [-0.2, -0.15) is 0 Å². The number of aliphatic imine (C=N–C) groups is 1. The van der Waals surface area contributed by atoms with Gasteiger partial charge in [0.1, 0.15) is 12.3 Å². The van der Waals surface area contributed by atoms with Gasteiger partial charge in [-0.25, -0.2) is 4.99 Å². The van der Waals surface area contributed by atoms with Gasteiger partial charge in [-0.3, -0.25) is 0 Å². The van der Waals surface area contributed by atoms with Crippen molar-refractivity contribution in [3.05, 3.63) is 54.5 Å². The highest BCUT2D eigenvalue weighted by atomic mass is 32.2. The lowest BCUT2D eigenvalue weighted by Crippen LogP contribution is -2.37. The smallest absolute Gasteiger partial charge is 0.191 e. The van der Waals surface area contributed by atoms with Gasteiger partial charge >= 0.3 is 0 Å². The van der Waals surface area contributed by atoms with E-state index in [0.29, 0.717) is 6.54 Å². The Morgan fingerprint density at radius 3 is 2.73 bits per heavy atom. The van der Waals surface area contributed by atoms with Crippen molar-refractivity contribution in [3.8, 4) is 0 Å². The molecule has 2 rings (SSSR count). The van der Waals surface area contributed by atoms with Crippen molar-refractivity contribution in [2.75, 3.05) is 18.8 Å². The highest BCUT2D eigenvalue weighted by molar-refractivity contribution is 7.99. The molecule has 0 bridgehead atoms. The lowest BCUT2D eigenvalue weighted by Gasteiger charge is -2.10. The number of guanidine groups is 1. The van der Waals surface area contributed by atoms with Crippen LogP contribution < -0.4 is 10.6 Å². The first-order valence-corrected chi connectivity index (χ1v) is 8.59. The molecule has 2 N–H and O–H groups in total. The molecule has 1 aromatic heterocycles. The van der Waals surface area contributed by atoms with E-state index >= 15 is 0 Å². The topological polar surface area (TPSA) is 49.6 Å². The monoisotopic (exact) mass is 317 g/mol. The standard InChI is InChI=1S/C17H23N3OS/c1-2-18-17(20-14-15-8-6-12-21-15)19-11-7-13-22-16-9-4-3-5-10-16/h3-6,8-10,12H,2,7,11,13-14H2,1H3,(H2,18,19,20). The van der Waals surface area contributed by atoms with Crippen molar-refractivity contribution in [1.82, 2.24) is 10.6 Å². The minimum absolute atomic E-state index is 0.557. The van der Waals surface area contributed by atoms with Gasteiger partial charge in [0.15, 0.2) is 5.96 Å². The second kappa shape index (κ2) is 9.95. The first kappa shape index (κ1) is 16.5. The van der Waals surface area contributed by atoms with Gasteiger partial charge in [-0.05, 0) is 43.4 Å². The Kier molecular flexibility index (Phi) is 7.46. The van der Waals surface area contributed by atoms with E-state index in [1.807, 2.05) is 30.0 Å². The molecule has 0 radical (unpaired) electrons. The highest BCUT2D eigenvalue weighted by Crippen LogP contribution is 2.17. The lowest BCUT2D eigenvalue weighted by atomic mass is 10.4. The molecule has 0 unspecified atom stereocenters. The highest BCUT2D eigenvalue weighted by Gasteiger charge is 1.99. The Hall–Kier alpha value is -1.88. The van der Waals surface area contributed by atoms with E-state index in [-0.39, 0.29) is 0 Å². The van der Waals surface area contributed by atoms with Crippen molar-refractivity contribution in [2.24, 2.45) is 4.99 Å². The minimum atomic E-state index is 0.557. The molecule has 1 aromatic carbocycles. The Balaban J connectivity index is 1.66. The van der Waals surface area contributed by atoms with E-state index < -0.39 is 0 Å². The largest absolute Gasteiger partial charge is 0.467 e. The summed E-state index contributed by atoms with van der Waals surface area (Å²) in [4.78, 5) is 5.83. The third-order valence-electron chi connectivity index (χ3n) is 2.94. The number of hydrogen-bond donors (Lipinski definition) is 2. The summed E-state index contributed by atoms with van der Waals surface area (Å²) in [6.45, 7) is 4.38. The Morgan fingerprint density at radius 2 is 2.00 bits per heavy atom. The Labute approximate surface area is 136 Å². The normalized spacial score (nSPS) is 11.4. The molecule has 0 aliphatic rings. The second-order valence-corrected chi connectivity index (χ2v) is 5.88. The van der Waals surface area contributed by atoms with Crippen LogP contribution in [-0.4, -0.2) is 24.8 Å². The number of furan rings is 1. The molecular weight excluding hydrogens is 294 g/mol. The van der Waals surface area contributed by atoms with Gasteiger partial charge in [0.2, 0.25) is 0 Å². The van der Waals surface area contributed by atoms with E-state index in [2.05, 4.69) is 46.8 Å². The van der Waals surface area contributed by atoms with E-state index in [1.165, 1.54) is 4.90 Å². The van der Waals surface area contributed by atoms with Crippen LogP contribution in [0.25, 0.3) is 0 Å². The molecule has 0 aliphatic carbocycles. The molecule has 0 amide bonds. The maximum Gasteiger partial charge on any atom is 0.191 e. The molecule has 0 fully saturated rings. The first-order valence-electron chi connectivity index (χ1n) is 7.61. The molecule has 118 valence electrons. The summed E-state index contributed by atoms with van der Waals surface area (Å²) >= 11 is 1.88. The van der Waals surface area contributed by atoms with Crippen LogP contribution in [0.15, 0.2) is 63.0 Å². The molecule has 4 nitrogen and oxygen atoms in total. The molecule has 0 spiro atoms. The minimum Gasteiger partial charge on any atom is -0.467 e. The zero-order valence-electron chi connectivity index (χ0n) is 12.9. The van der Waals surface area contributed by atoms with Crippen LogP contribution in [0.5, 0.6) is 0 Å². The van der Waals surface area contributed by atoms with Crippen molar-refractivity contribution in [3.63, 3.8) is 0 Å². The molecule has 0 saturated carbocycles. The molecule has 22 heavy (non-hydrogen) atoms. The summed E-state index contributed by atoms with van der Waals surface area (Å²) in [6.07, 6.45) is 2.76. The number of thioether (sulfide) groups is 1. The summed E-state index contributed by atoms with van der Waals surface area (Å²) in [5, 5.41) is 6.60. The quantitative estimate of drug-likeness (QED) is 0.338. The predicted octanol–water partition coefficient (Wildman–Crippen LogP) is 3.52. The summed E-state index contributed by atoms with van der Waals surface area (Å²) < 4.78 is 5.29. The van der Waals surface area contributed by atoms with E-state index in [9.17, 15) is 0 Å². The maximum absolute atomic E-state index is 5.29. The van der Waals surface area contributed by atoms with Crippen molar-refractivity contribution < 1.29 is 4.42 Å². The van der Waals surface area contributed by atoms with Crippen LogP contribution in [0.1, 0.15) is 19.1 Å². The third-order valence-corrected chi connectivity index (χ3v) is 4.04. The molecule has 2 aromatic rings. The third kappa shape index (κ3) is 6.26. The number of benzene rings is 1. The molecule has 0 aliphatic heterocycles. The molecule has 1 heterocycles. The Morgan fingerprint density at radius 1 is 1.14 bits per heavy atom. The molecule has 5 heteroatoms. The predicted molar refractivity (Wildman–Crippen MR) is 93.3 cm³/mol. The van der Waals surface area contributed by atoms with Gasteiger partial charge in [-0.15, -0.1) is 11.8 Å². The maximum atomic E-state index is 5.29. The fourth-order valence-electron chi connectivity index (χ4n) is 1.89. The van der Waals surface area contributed by atoms with Crippen molar-refractivity contribution >= 4 is 17.7 Å². The van der Waals surface area contributed by atoms with Crippen LogP contribution in [-0.2, 0) is 6.54 Å². The van der Waals surface area contributed by atoms with Crippen LogP contribution in [0.2, 0.25) is 0 Å². The summed E-state index contributed by atoms with van der Waals surface area (Å²) in [6, 6.07) is 14.3. The Bertz CT molecular complexity index is 540. The van der Waals surface area contributed by atoms with Gasteiger partial charge in [0.05, 0.1) is 6.26 Å². The molecule has 0 atom stereocenters. The van der Waals surface area contributed by atoms with E-state index in [4.69, 9.17) is 4.42 Å². The summed E-state index contributed by atoms with van der Waals surface area (Å²) in [5.74, 6) is 2.80. The lowest BCUT2D eigenvalue weighted by molar-refractivity contribution is 0.512. The van der Waals surface area contributed by atoms with Gasteiger partial charge in [0.25, 0.3) is 0 Å². The van der Waals surface area contributed by atoms with Crippen molar-refractivity contribution in [2.45, 2.75) is 24.8 Å². The fraction of sp³-hybridized carbons (Fsp3) is 0.353. The second-order valence-electron chi connectivity index (χ2n) is 4.72. The average Bonchev–Trinajstić information content (AvgIpc) is 3.06. The number of rotatable bonds is 8. The average molecular weight is 317 g/mol.